The molecule has 0 saturated heterocycles. The lowest BCUT2D eigenvalue weighted by atomic mass is 10.2. The molecule has 9 nitrogen and oxygen atoms in total. The summed E-state index contributed by atoms with van der Waals surface area (Å²) in [5.74, 6) is 0. The Balaban J connectivity index is 2.46. The third kappa shape index (κ3) is 3.60. The van der Waals surface area contributed by atoms with Gasteiger partial charge in [-0.1, -0.05) is 17.7 Å². The van der Waals surface area contributed by atoms with E-state index >= 15 is 0 Å². The maximum atomic E-state index is 12.4. The van der Waals surface area contributed by atoms with Gasteiger partial charge in [-0.05, 0) is 19.1 Å². The summed E-state index contributed by atoms with van der Waals surface area (Å²) in [5.41, 5.74) is -0.662. The molecule has 24 heavy (non-hydrogen) atoms. The van der Waals surface area contributed by atoms with Crippen molar-refractivity contribution >= 4 is 38.7 Å². The summed E-state index contributed by atoms with van der Waals surface area (Å²) in [6.45, 7) is 1.39. The fourth-order valence-electron chi connectivity index (χ4n) is 1.88. The van der Waals surface area contributed by atoms with Crippen LogP contribution in [0.2, 0.25) is 5.02 Å². The second-order valence-electron chi connectivity index (χ2n) is 4.72. The number of nitro benzene ring substituents is 2. The summed E-state index contributed by atoms with van der Waals surface area (Å²) in [6, 6.07) is 6.80. The number of hydrogen-bond acceptors (Lipinski definition) is 6. The summed E-state index contributed by atoms with van der Waals surface area (Å²) in [4.78, 5) is 19.9. The first-order chi connectivity index (χ1) is 11.1. The van der Waals surface area contributed by atoms with E-state index in [1.807, 2.05) is 0 Å². The molecule has 2 rings (SSSR count). The maximum absolute atomic E-state index is 12.4. The minimum absolute atomic E-state index is 0.0523. The Hall–Kier alpha value is -2.72. The first-order valence-corrected chi connectivity index (χ1v) is 8.20. The highest BCUT2D eigenvalue weighted by Gasteiger charge is 2.23. The van der Waals surface area contributed by atoms with Gasteiger partial charge in [0, 0.05) is 23.8 Å². The molecule has 0 aromatic heterocycles. The zero-order valence-corrected chi connectivity index (χ0v) is 13.7. The number of nitrogens with zero attached hydrogens (tertiary/aromatic N) is 2. The van der Waals surface area contributed by atoms with Crippen LogP contribution in [0, 0.1) is 27.2 Å². The van der Waals surface area contributed by atoms with Crippen LogP contribution in [0.5, 0.6) is 0 Å². The molecule has 11 heteroatoms. The van der Waals surface area contributed by atoms with Crippen LogP contribution in [0.4, 0.5) is 17.1 Å². The minimum Gasteiger partial charge on any atom is -0.279 e. The Morgan fingerprint density at radius 1 is 1.08 bits per heavy atom. The van der Waals surface area contributed by atoms with E-state index in [-0.39, 0.29) is 22.0 Å². The monoisotopic (exact) mass is 371 g/mol. The van der Waals surface area contributed by atoms with Crippen molar-refractivity contribution in [2.45, 2.75) is 11.8 Å². The van der Waals surface area contributed by atoms with Crippen LogP contribution in [-0.2, 0) is 10.0 Å². The smallest absolute Gasteiger partial charge is 0.275 e. The molecule has 0 atom stereocenters. The molecule has 0 aliphatic carbocycles. The first-order valence-electron chi connectivity index (χ1n) is 6.33. The largest absolute Gasteiger partial charge is 0.279 e. The third-order valence-corrected chi connectivity index (χ3v) is 4.86. The summed E-state index contributed by atoms with van der Waals surface area (Å²) < 4.78 is 26.8. The first kappa shape index (κ1) is 17.6. The Morgan fingerprint density at radius 2 is 1.75 bits per heavy atom. The van der Waals surface area contributed by atoms with Crippen molar-refractivity contribution in [3.63, 3.8) is 0 Å². The van der Waals surface area contributed by atoms with E-state index in [2.05, 4.69) is 4.72 Å². The molecule has 1 N–H and O–H groups in total. The molecule has 0 aliphatic heterocycles. The molecule has 0 amide bonds. The predicted molar refractivity (Wildman–Crippen MR) is 86.7 cm³/mol. The third-order valence-electron chi connectivity index (χ3n) is 3.11. The van der Waals surface area contributed by atoms with Crippen molar-refractivity contribution in [3.05, 3.63) is 67.2 Å². The molecule has 0 saturated carbocycles. The molecule has 0 fully saturated rings. The average molecular weight is 372 g/mol. The highest BCUT2D eigenvalue weighted by Crippen LogP contribution is 2.30. The Kier molecular flexibility index (Phi) is 4.71. The van der Waals surface area contributed by atoms with Gasteiger partial charge in [-0.2, -0.15) is 0 Å². The van der Waals surface area contributed by atoms with E-state index in [4.69, 9.17) is 11.6 Å². The molecule has 2 aromatic rings. The highest BCUT2D eigenvalue weighted by molar-refractivity contribution is 7.92. The lowest BCUT2D eigenvalue weighted by molar-refractivity contribution is -0.385. The maximum Gasteiger partial charge on any atom is 0.275 e. The van der Waals surface area contributed by atoms with Crippen LogP contribution in [0.25, 0.3) is 0 Å². The summed E-state index contributed by atoms with van der Waals surface area (Å²) in [5, 5.41) is 21.6. The number of hydrogen-bond donors (Lipinski definition) is 1. The van der Waals surface area contributed by atoms with Gasteiger partial charge < -0.3 is 0 Å². The minimum atomic E-state index is -4.21. The zero-order valence-electron chi connectivity index (χ0n) is 12.1. The molecule has 126 valence electrons. The predicted octanol–water partition coefficient (Wildman–Crippen LogP) is 3.27. The highest BCUT2D eigenvalue weighted by atomic mass is 35.5. The molecule has 0 bridgehead atoms. The average Bonchev–Trinajstić information content (AvgIpc) is 2.49. The quantitative estimate of drug-likeness (QED) is 0.633. The Labute approximate surface area is 141 Å². The number of benzene rings is 2. The van der Waals surface area contributed by atoms with E-state index in [0.717, 1.165) is 18.2 Å². The molecule has 0 aliphatic rings. The number of halogens is 1. The van der Waals surface area contributed by atoms with Gasteiger partial charge in [0.25, 0.3) is 21.4 Å². The number of sulfonamides is 1. The van der Waals surface area contributed by atoms with Crippen molar-refractivity contribution in [1.82, 2.24) is 0 Å². The van der Waals surface area contributed by atoms with Crippen LogP contribution in [0.15, 0.2) is 41.3 Å². The molecule has 0 heterocycles. The van der Waals surface area contributed by atoms with Crippen molar-refractivity contribution in [2.24, 2.45) is 0 Å². The van der Waals surface area contributed by atoms with E-state index in [0.29, 0.717) is 0 Å². The van der Waals surface area contributed by atoms with Gasteiger partial charge in [-0.25, -0.2) is 8.42 Å². The van der Waals surface area contributed by atoms with Crippen molar-refractivity contribution in [3.8, 4) is 0 Å². The number of nitrogens with one attached hydrogen (secondary N) is 1. The van der Waals surface area contributed by atoms with Crippen molar-refractivity contribution < 1.29 is 18.3 Å². The molecule has 0 radical (unpaired) electrons. The second-order valence-corrected chi connectivity index (χ2v) is 6.81. The van der Waals surface area contributed by atoms with Gasteiger partial charge >= 0.3 is 0 Å². The fraction of sp³-hybridized carbons (Fsp3) is 0.0769. The van der Waals surface area contributed by atoms with Crippen LogP contribution in [0.1, 0.15) is 5.56 Å². The molecular formula is C13H10ClN3O6S. The van der Waals surface area contributed by atoms with E-state index in [9.17, 15) is 28.6 Å². The number of nitro groups is 2. The van der Waals surface area contributed by atoms with Gasteiger partial charge in [-0.15, -0.1) is 0 Å². The van der Waals surface area contributed by atoms with Crippen molar-refractivity contribution in [2.75, 3.05) is 4.72 Å². The Bertz CT molecular complexity index is 945. The number of anilines is 1. The van der Waals surface area contributed by atoms with E-state index in [1.165, 1.54) is 25.1 Å². The topological polar surface area (TPSA) is 132 Å². The standard InChI is InChI=1S/C13H10ClN3O6S/c1-8-12(14)6-11(7-13(8)17(20)21)24(22,23)15-9-3-2-4-10(5-9)16(18)19/h2-7,15H,1H3. The van der Waals surface area contributed by atoms with Gasteiger partial charge in [0.1, 0.15) is 0 Å². The van der Waals surface area contributed by atoms with Crippen LogP contribution in [0.3, 0.4) is 0 Å². The SMILES string of the molecule is Cc1c(Cl)cc(S(=O)(=O)Nc2cccc([N+](=O)[O-])c2)cc1[N+](=O)[O-]. The molecule has 0 unspecified atom stereocenters. The second kappa shape index (κ2) is 6.42. The van der Waals surface area contributed by atoms with E-state index in [1.54, 1.807) is 0 Å². The number of non-ortho nitro benzene ring substituents is 1. The van der Waals surface area contributed by atoms with Gasteiger partial charge in [0.05, 0.1) is 25.5 Å². The lowest BCUT2D eigenvalue weighted by Gasteiger charge is -2.09. The van der Waals surface area contributed by atoms with Crippen LogP contribution in [-0.4, -0.2) is 18.3 Å². The lowest BCUT2D eigenvalue weighted by Crippen LogP contribution is -2.13. The van der Waals surface area contributed by atoms with Crippen molar-refractivity contribution in [1.29, 1.82) is 0 Å². The molecular weight excluding hydrogens is 362 g/mol. The van der Waals surface area contributed by atoms with E-state index < -0.39 is 30.5 Å². The normalized spacial score (nSPS) is 11.1. The Morgan fingerprint density at radius 3 is 2.33 bits per heavy atom. The fourth-order valence-corrected chi connectivity index (χ4v) is 3.26. The summed E-state index contributed by atoms with van der Waals surface area (Å²) in [7, 11) is -4.21. The summed E-state index contributed by atoms with van der Waals surface area (Å²) in [6.07, 6.45) is 0. The number of rotatable bonds is 5. The summed E-state index contributed by atoms with van der Waals surface area (Å²) >= 11 is 5.85. The molecule has 2 aromatic carbocycles. The zero-order chi connectivity index (χ0) is 18.1. The molecule has 0 spiro atoms. The van der Waals surface area contributed by atoms with Gasteiger partial charge in [0.2, 0.25) is 0 Å². The van der Waals surface area contributed by atoms with Crippen LogP contribution < -0.4 is 4.72 Å². The van der Waals surface area contributed by atoms with Crippen LogP contribution >= 0.6 is 11.6 Å². The van der Waals surface area contributed by atoms with Gasteiger partial charge in [-0.3, -0.25) is 25.0 Å². The van der Waals surface area contributed by atoms with Gasteiger partial charge in [0.15, 0.2) is 0 Å².